The van der Waals surface area contributed by atoms with Crippen LogP contribution >= 0.6 is 0 Å². The Morgan fingerprint density at radius 1 is 0.973 bits per heavy atom. The van der Waals surface area contributed by atoms with Crippen LogP contribution < -0.4 is 0 Å². The van der Waals surface area contributed by atoms with Gasteiger partial charge in [-0.2, -0.15) is 0 Å². The maximum atomic E-state index is 13.2. The first-order valence-corrected chi connectivity index (χ1v) is 12.3. The number of aliphatic hydroxyl groups is 1. The summed E-state index contributed by atoms with van der Waals surface area (Å²) in [6.45, 7) is 5.98. The molecule has 0 bridgehead atoms. The van der Waals surface area contributed by atoms with Gasteiger partial charge in [0, 0.05) is 20.8 Å². The summed E-state index contributed by atoms with van der Waals surface area (Å²) in [4.78, 5) is 48.7. The average molecular weight is 527 g/mol. The Bertz CT molecular complexity index is 957. The molecule has 12 heteroatoms. The second-order valence-corrected chi connectivity index (χ2v) is 9.12. The molecule has 206 valence electrons. The van der Waals surface area contributed by atoms with Gasteiger partial charge >= 0.3 is 17.9 Å². The third kappa shape index (κ3) is 7.30. The van der Waals surface area contributed by atoms with Crippen LogP contribution in [0.1, 0.15) is 66.7 Å². The minimum absolute atomic E-state index is 0.141. The molecule has 3 aliphatic rings. The second-order valence-electron chi connectivity index (χ2n) is 9.12. The van der Waals surface area contributed by atoms with Crippen molar-refractivity contribution in [2.45, 2.75) is 104 Å². The van der Waals surface area contributed by atoms with Crippen molar-refractivity contribution in [2.75, 3.05) is 6.61 Å². The molecule has 0 aromatic heterocycles. The number of carbonyl (C=O) groups excluding carboxylic acids is 4. The molecule has 0 radical (unpaired) electrons. The number of ketones is 1. The molecule has 2 fully saturated rings. The van der Waals surface area contributed by atoms with Crippen molar-refractivity contribution in [1.29, 1.82) is 0 Å². The highest BCUT2D eigenvalue weighted by Gasteiger charge is 2.53. The number of carbonyl (C=O) groups is 4. The van der Waals surface area contributed by atoms with Gasteiger partial charge in [-0.15, -0.1) is 0 Å². The highest BCUT2D eigenvalue weighted by Crippen LogP contribution is 2.37. The maximum absolute atomic E-state index is 13.2. The summed E-state index contributed by atoms with van der Waals surface area (Å²) in [5.74, 6) is -2.31. The van der Waals surface area contributed by atoms with E-state index in [1.54, 1.807) is 6.92 Å². The van der Waals surface area contributed by atoms with Gasteiger partial charge in [0.05, 0.1) is 0 Å². The van der Waals surface area contributed by atoms with Crippen molar-refractivity contribution in [2.24, 2.45) is 0 Å². The minimum atomic E-state index is -1.48. The lowest BCUT2D eigenvalue weighted by atomic mass is 9.93. The zero-order valence-corrected chi connectivity index (χ0v) is 21.6. The van der Waals surface area contributed by atoms with Gasteiger partial charge in [0.1, 0.15) is 24.6 Å². The average Bonchev–Trinajstić information content (AvgIpc) is 3.09. The van der Waals surface area contributed by atoms with Crippen LogP contribution in [0, 0.1) is 0 Å². The van der Waals surface area contributed by atoms with Crippen molar-refractivity contribution in [3.8, 4) is 0 Å². The third-order valence-electron chi connectivity index (χ3n) is 6.00. The molecule has 1 saturated carbocycles. The Labute approximate surface area is 214 Å². The lowest BCUT2D eigenvalue weighted by Gasteiger charge is -2.44. The first-order valence-electron chi connectivity index (χ1n) is 12.3. The number of hydrogen-bond acceptors (Lipinski definition) is 12. The van der Waals surface area contributed by atoms with Crippen LogP contribution in [0.5, 0.6) is 0 Å². The molecule has 1 unspecified atom stereocenters. The van der Waals surface area contributed by atoms with E-state index < -0.39 is 60.7 Å². The van der Waals surface area contributed by atoms with E-state index in [4.69, 9.17) is 33.2 Å². The van der Waals surface area contributed by atoms with Crippen molar-refractivity contribution >= 4 is 23.7 Å². The van der Waals surface area contributed by atoms with E-state index in [9.17, 15) is 24.3 Å². The predicted molar refractivity (Wildman–Crippen MR) is 123 cm³/mol. The summed E-state index contributed by atoms with van der Waals surface area (Å²) in [6, 6.07) is 0. The van der Waals surface area contributed by atoms with E-state index in [1.807, 2.05) is 0 Å². The number of ether oxygens (including phenoxy) is 7. The molecule has 6 atom stereocenters. The first kappa shape index (κ1) is 28.6. The van der Waals surface area contributed by atoms with Gasteiger partial charge in [-0.25, -0.2) is 0 Å². The van der Waals surface area contributed by atoms with Gasteiger partial charge in [-0.05, 0) is 45.1 Å². The molecule has 0 aromatic rings. The Balaban J connectivity index is 1.95. The van der Waals surface area contributed by atoms with Crippen LogP contribution in [-0.2, 0) is 52.3 Å². The Morgan fingerprint density at radius 2 is 1.59 bits per heavy atom. The quantitative estimate of drug-likeness (QED) is 0.213. The molecule has 3 rings (SSSR count). The van der Waals surface area contributed by atoms with E-state index in [-0.39, 0.29) is 23.9 Å². The molecule has 37 heavy (non-hydrogen) atoms. The summed E-state index contributed by atoms with van der Waals surface area (Å²) >= 11 is 0. The molecule has 1 N–H and O–H groups in total. The normalized spacial score (nSPS) is 28.9. The largest absolute Gasteiger partial charge is 0.463 e. The van der Waals surface area contributed by atoms with Gasteiger partial charge < -0.3 is 38.3 Å². The molecule has 0 aromatic carbocycles. The Hall–Kier alpha value is -2.96. The standard InChI is InChI=1S/C25H34O12/c1-12-20(19(30)21(32-12)17-9-7-6-8-10-17)37-25-24(35-16(5)29)23(34-15(4)28)22(33-14(3)27)18(36-25)11-31-13(2)26/h14,18,22-25,27H,6-11H2,1-5H3/t14?,18-,22-,23+,24-,25+/m1/s1. The van der Waals surface area contributed by atoms with Gasteiger partial charge in [-0.3, -0.25) is 19.2 Å². The summed E-state index contributed by atoms with van der Waals surface area (Å²) < 4.78 is 39.1. The lowest BCUT2D eigenvalue weighted by molar-refractivity contribution is -0.318. The third-order valence-corrected chi connectivity index (χ3v) is 6.00. The second kappa shape index (κ2) is 12.5. The topological polar surface area (TPSA) is 153 Å². The van der Waals surface area contributed by atoms with Crippen LogP contribution in [0.25, 0.3) is 0 Å². The Kier molecular flexibility index (Phi) is 9.68. The molecule has 1 aliphatic carbocycles. The van der Waals surface area contributed by atoms with Crippen LogP contribution in [0.4, 0.5) is 0 Å². The zero-order chi connectivity index (χ0) is 27.3. The molecule has 2 heterocycles. The van der Waals surface area contributed by atoms with Gasteiger partial charge in [0.15, 0.2) is 18.2 Å². The number of rotatable bonds is 8. The molecule has 2 aliphatic heterocycles. The highest BCUT2D eigenvalue weighted by atomic mass is 16.7. The summed E-state index contributed by atoms with van der Waals surface area (Å²) in [5, 5.41) is 9.90. The van der Waals surface area contributed by atoms with Crippen LogP contribution in [0.15, 0.2) is 22.9 Å². The van der Waals surface area contributed by atoms with Crippen molar-refractivity contribution in [3.05, 3.63) is 22.9 Å². The minimum Gasteiger partial charge on any atom is -0.463 e. The lowest BCUT2D eigenvalue weighted by Crippen LogP contribution is -2.63. The molecular weight excluding hydrogens is 492 g/mol. The van der Waals surface area contributed by atoms with Crippen LogP contribution in [-0.4, -0.2) is 72.4 Å². The molecule has 0 amide bonds. The molecule has 12 nitrogen and oxygen atoms in total. The van der Waals surface area contributed by atoms with Crippen molar-refractivity contribution in [1.82, 2.24) is 0 Å². The van der Waals surface area contributed by atoms with Gasteiger partial charge in [0.2, 0.25) is 18.2 Å². The van der Waals surface area contributed by atoms with Gasteiger partial charge in [-0.1, -0.05) is 6.42 Å². The molecule has 1 saturated heterocycles. The number of allylic oxidation sites excluding steroid dienone is 2. The van der Waals surface area contributed by atoms with E-state index in [0.29, 0.717) is 0 Å². The van der Waals surface area contributed by atoms with E-state index in [2.05, 4.69) is 0 Å². The maximum Gasteiger partial charge on any atom is 0.303 e. The number of aliphatic hydroxyl groups excluding tert-OH is 1. The predicted octanol–water partition coefficient (Wildman–Crippen LogP) is 1.93. The zero-order valence-electron chi connectivity index (χ0n) is 21.6. The SMILES string of the molecule is CC(=O)OC[C@H]1O[C@@H](OC2=C(C)OC(=C3CCCCC3)C2=O)[C@H](OC(C)=O)[C@@H](OC(C)=O)[C@@H]1OC(C)O. The summed E-state index contributed by atoms with van der Waals surface area (Å²) in [5.41, 5.74) is 0.909. The fourth-order valence-electron chi connectivity index (χ4n) is 4.54. The van der Waals surface area contributed by atoms with E-state index >= 15 is 0 Å². The van der Waals surface area contributed by atoms with Crippen LogP contribution in [0.2, 0.25) is 0 Å². The van der Waals surface area contributed by atoms with Crippen molar-refractivity contribution < 1.29 is 57.4 Å². The monoisotopic (exact) mass is 526 g/mol. The fraction of sp³-hybridized carbons (Fsp3) is 0.680. The summed E-state index contributed by atoms with van der Waals surface area (Å²) in [7, 11) is 0. The number of Topliss-reactive ketones (excluding diaryl/α,β-unsaturated/α-hetero) is 1. The highest BCUT2D eigenvalue weighted by molar-refractivity contribution is 6.08. The number of esters is 3. The van der Waals surface area contributed by atoms with Crippen molar-refractivity contribution in [3.63, 3.8) is 0 Å². The number of hydrogen-bond donors (Lipinski definition) is 1. The smallest absolute Gasteiger partial charge is 0.303 e. The fourth-order valence-corrected chi connectivity index (χ4v) is 4.54. The Morgan fingerprint density at radius 3 is 2.16 bits per heavy atom. The van der Waals surface area contributed by atoms with Crippen LogP contribution in [0.3, 0.4) is 0 Å². The molecular formula is C25H34O12. The first-order chi connectivity index (χ1) is 17.5. The van der Waals surface area contributed by atoms with Gasteiger partial charge in [0.25, 0.3) is 5.78 Å². The summed E-state index contributed by atoms with van der Waals surface area (Å²) in [6.07, 6.45) is -3.44. The van der Waals surface area contributed by atoms with E-state index in [0.717, 1.165) is 51.5 Å². The molecule has 0 spiro atoms. The van der Waals surface area contributed by atoms with E-state index in [1.165, 1.54) is 13.8 Å².